The minimum atomic E-state index is 0.576. The van der Waals surface area contributed by atoms with Crippen LogP contribution < -0.4 is 4.90 Å². The molecular weight excluding hydrogens is 358 g/mol. The lowest BCUT2D eigenvalue weighted by molar-refractivity contribution is 0.548. The summed E-state index contributed by atoms with van der Waals surface area (Å²) in [5, 5.41) is 10.1. The average molecular weight is 384 g/mol. The third-order valence-electron chi connectivity index (χ3n) is 5.36. The van der Waals surface area contributed by atoms with Gasteiger partial charge < -0.3 is 4.90 Å². The van der Waals surface area contributed by atoms with Crippen LogP contribution in [0.15, 0.2) is 17.4 Å². The molecule has 3 aromatic rings. The zero-order valence-corrected chi connectivity index (χ0v) is 16.7. The molecule has 2 aliphatic rings. The molecule has 1 saturated heterocycles. The molecule has 8 heteroatoms. The van der Waals surface area contributed by atoms with E-state index >= 15 is 0 Å². The van der Waals surface area contributed by atoms with Gasteiger partial charge in [-0.15, -0.1) is 10.2 Å². The maximum absolute atomic E-state index is 4.70. The van der Waals surface area contributed by atoms with Crippen LogP contribution in [0.3, 0.4) is 0 Å². The highest BCUT2D eigenvalue weighted by Gasteiger charge is 2.32. The standard InChI is InChI=1S/C19H25N7S/c1-13-10-14(2)25-11-15(21-17(25)20-13)12-27-19-23-22-18(26(19)16-6-7-16)24-8-4-3-5-9-24/h10-11,16H,3-9,12H2,1-2H3. The summed E-state index contributed by atoms with van der Waals surface area (Å²) in [6.07, 6.45) is 8.41. The molecule has 142 valence electrons. The number of fused-ring (bicyclic) bond motifs is 1. The van der Waals surface area contributed by atoms with E-state index in [1.54, 1.807) is 11.8 Å². The van der Waals surface area contributed by atoms with Crippen molar-refractivity contribution in [2.24, 2.45) is 0 Å². The highest BCUT2D eigenvalue weighted by atomic mass is 32.2. The molecule has 1 aliphatic heterocycles. The van der Waals surface area contributed by atoms with Gasteiger partial charge in [-0.25, -0.2) is 9.97 Å². The Morgan fingerprint density at radius 1 is 1.07 bits per heavy atom. The molecule has 1 saturated carbocycles. The van der Waals surface area contributed by atoms with E-state index in [1.165, 1.54) is 32.1 Å². The fraction of sp³-hybridized carbons (Fsp3) is 0.579. The molecule has 2 fully saturated rings. The predicted molar refractivity (Wildman–Crippen MR) is 106 cm³/mol. The molecule has 5 rings (SSSR count). The van der Waals surface area contributed by atoms with Crippen molar-refractivity contribution in [3.8, 4) is 0 Å². The second-order valence-electron chi connectivity index (χ2n) is 7.66. The van der Waals surface area contributed by atoms with Gasteiger partial charge in [-0.2, -0.15) is 0 Å². The molecule has 0 amide bonds. The predicted octanol–water partition coefficient (Wildman–Crippen LogP) is 3.56. The molecule has 0 atom stereocenters. The molecular formula is C19H25N7S. The topological polar surface area (TPSA) is 64.1 Å². The van der Waals surface area contributed by atoms with Gasteiger partial charge >= 0.3 is 0 Å². The van der Waals surface area contributed by atoms with Gasteiger partial charge in [0, 0.05) is 42.5 Å². The largest absolute Gasteiger partial charge is 0.341 e. The smallest absolute Gasteiger partial charge is 0.234 e. The Balaban J connectivity index is 1.38. The van der Waals surface area contributed by atoms with Gasteiger partial charge in [0.05, 0.1) is 5.69 Å². The van der Waals surface area contributed by atoms with Crippen molar-refractivity contribution in [2.45, 2.75) is 62.9 Å². The zero-order valence-electron chi connectivity index (χ0n) is 15.9. The van der Waals surface area contributed by atoms with Crippen LogP contribution in [0.1, 0.15) is 55.2 Å². The molecule has 0 spiro atoms. The van der Waals surface area contributed by atoms with Crippen LogP contribution in [0.5, 0.6) is 0 Å². The van der Waals surface area contributed by atoms with E-state index in [-0.39, 0.29) is 0 Å². The highest BCUT2D eigenvalue weighted by Crippen LogP contribution is 2.41. The van der Waals surface area contributed by atoms with Crippen LogP contribution in [0.25, 0.3) is 5.78 Å². The van der Waals surface area contributed by atoms with Crippen LogP contribution in [0, 0.1) is 13.8 Å². The Labute approximate surface area is 163 Å². The Kier molecular flexibility index (Phi) is 4.30. The van der Waals surface area contributed by atoms with Crippen molar-refractivity contribution >= 4 is 23.5 Å². The summed E-state index contributed by atoms with van der Waals surface area (Å²) in [6.45, 7) is 6.31. The summed E-state index contributed by atoms with van der Waals surface area (Å²) in [5.74, 6) is 2.63. The average Bonchev–Trinajstić information content (AvgIpc) is 3.27. The van der Waals surface area contributed by atoms with Crippen LogP contribution >= 0.6 is 11.8 Å². The molecule has 0 bridgehead atoms. The maximum atomic E-state index is 4.70. The first kappa shape index (κ1) is 17.0. The minimum Gasteiger partial charge on any atom is -0.341 e. The number of piperidine rings is 1. The van der Waals surface area contributed by atoms with Crippen LogP contribution in [0.4, 0.5) is 5.95 Å². The van der Waals surface area contributed by atoms with Crippen LogP contribution in [0.2, 0.25) is 0 Å². The molecule has 3 aromatic heterocycles. The van der Waals surface area contributed by atoms with E-state index < -0.39 is 0 Å². The van der Waals surface area contributed by atoms with Gasteiger partial charge in [-0.1, -0.05) is 11.8 Å². The van der Waals surface area contributed by atoms with E-state index in [4.69, 9.17) is 4.98 Å². The molecule has 27 heavy (non-hydrogen) atoms. The molecule has 4 heterocycles. The number of thioether (sulfide) groups is 1. The summed E-state index contributed by atoms with van der Waals surface area (Å²) in [5.41, 5.74) is 3.20. The van der Waals surface area contributed by atoms with Crippen molar-refractivity contribution in [3.05, 3.63) is 29.3 Å². The van der Waals surface area contributed by atoms with Crippen molar-refractivity contribution in [3.63, 3.8) is 0 Å². The molecule has 0 N–H and O–H groups in total. The van der Waals surface area contributed by atoms with Crippen LogP contribution in [-0.2, 0) is 5.75 Å². The van der Waals surface area contributed by atoms with Gasteiger partial charge in [0.25, 0.3) is 0 Å². The summed E-state index contributed by atoms with van der Waals surface area (Å²) in [6, 6.07) is 2.66. The summed E-state index contributed by atoms with van der Waals surface area (Å²) < 4.78 is 4.44. The van der Waals surface area contributed by atoms with Crippen molar-refractivity contribution in [1.29, 1.82) is 0 Å². The summed E-state index contributed by atoms with van der Waals surface area (Å²) >= 11 is 1.74. The Morgan fingerprint density at radius 3 is 2.67 bits per heavy atom. The quantitative estimate of drug-likeness (QED) is 0.628. The lowest BCUT2D eigenvalue weighted by Crippen LogP contribution is -2.31. The first-order valence-corrected chi connectivity index (χ1v) is 10.8. The molecule has 0 unspecified atom stereocenters. The first-order valence-electron chi connectivity index (χ1n) is 9.84. The Morgan fingerprint density at radius 2 is 1.89 bits per heavy atom. The third-order valence-corrected chi connectivity index (χ3v) is 6.33. The van der Waals surface area contributed by atoms with Gasteiger partial charge in [-0.3, -0.25) is 8.97 Å². The molecule has 0 aromatic carbocycles. The fourth-order valence-electron chi connectivity index (χ4n) is 3.86. The SMILES string of the molecule is Cc1cc(C)n2cc(CSc3nnc(N4CCCCC4)n3C3CC3)nc2n1. The lowest BCUT2D eigenvalue weighted by Gasteiger charge is -2.27. The van der Waals surface area contributed by atoms with Crippen molar-refractivity contribution < 1.29 is 0 Å². The van der Waals surface area contributed by atoms with E-state index in [2.05, 4.69) is 48.2 Å². The molecule has 1 aliphatic carbocycles. The number of rotatable bonds is 5. The van der Waals surface area contributed by atoms with Gasteiger partial charge in [0.1, 0.15) is 0 Å². The molecule has 7 nitrogen and oxygen atoms in total. The Hall–Kier alpha value is -2.09. The number of imidazole rings is 1. The number of hydrogen-bond donors (Lipinski definition) is 0. The number of aromatic nitrogens is 6. The fourth-order valence-corrected chi connectivity index (χ4v) is 4.74. The minimum absolute atomic E-state index is 0.576. The van der Waals surface area contributed by atoms with Crippen molar-refractivity contribution in [2.75, 3.05) is 18.0 Å². The van der Waals surface area contributed by atoms with Gasteiger partial charge in [0.2, 0.25) is 11.7 Å². The highest BCUT2D eigenvalue weighted by molar-refractivity contribution is 7.98. The van der Waals surface area contributed by atoms with Gasteiger partial charge in [0.15, 0.2) is 5.16 Å². The normalized spacial score (nSPS) is 17.8. The first-order chi connectivity index (χ1) is 13.2. The second-order valence-corrected chi connectivity index (χ2v) is 8.60. The van der Waals surface area contributed by atoms with E-state index in [0.29, 0.717) is 6.04 Å². The molecule has 0 radical (unpaired) electrons. The van der Waals surface area contributed by atoms with E-state index in [9.17, 15) is 0 Å². The van der Waals surface area contributed by atoms with Crippen molar-refractivity contribution in [1.82, 2.24) is 29.1 Å². The zero-order chi connectivity index (χ0) is 18.4. The summed E-state index contributed by atoms with van der Waals surface area (Å²) in [4.78, 5) is 11.7. The van der Waals surface area contributed by atoms with E-state index in [1.807, 2.05) is 6.92 Å². The van der Waals surface area contributed by atoms with Gasteiger partial charge in [-0.05, 0) is 52.0 Å². The maximum Gasteiger partial charge on any atom is 0.234 e. The number of nitrogens with zero attached hydrogens (tertiary/aromatic N) is 7. The number of aryl methyl sites for hydroxylation is 2. The number of anilines is 1. The monoisotopic (exact) mass is 383 g/mol. The Bertz CT molecular complexity index is 966. The summed E-state index contributed by atoms with van der Waals surface area (Å²) in [7, 11) is 0. The van der Waals surface area contributed by atoms with E-state index in [0.717, 1.165) is 52.8 Å². The van der Waals surface area contributed by atoms with Crippen LogP contribution in [-0.4, -0.2) is 42.2 Å². The lowest BCUT2D eigenvalue weighted by atomic mass is 10.1. The third kappa shape index (κ3) is 3.31. The second kappa shape index (κ2) is 6.82. The number of hydrogen-bond acceptors (Lipinski definition) is 6.